The molecule has 3 heterocycles. The van der Waals surface area contributed by atoms with Crippen LogP contribution >= 0.6 is 0 Å². The second-order valence-corrected chi connectivity index (χ2v) is 8.63. The number of likely N-dealkylation sites (N-methyl/N-ethyl adjacent to an activating group) is 1. The number of hydrogen-bond donors (Lipinski definition) is 1. The van der Waals surface area contributed by atoms with Gasteiger partial charge in [0.25, 0.3) is 5.91 Å². The summed E-state index contributed by atoms with van der Waals surface area (Å²) in [5.41, 5.74) is -0.605. The molecule has 0 unspecified atom stereocenters. The van der Waals surface area contributed by atoms with E-state index in [1.807, 2.05) is 52.0 Å². The van der Waals surface area contributed by atoms with Crippen molar-refractivity contribution in [2.45, 2.75) is 50.9 Å². The van der Waals surface area contributed by atoms with Crippen molar-refractivity contribution in [3.05, 3.63) is 36.0 Å². The van der Waals surface area contributed by atoms with Crippen LogP contribution in [0.4, 0.5) is 0 Å². The summed E-state index contributed by atoms with van der Waals surface area (Å²) in [5.74, 6) is 0.113. The van der Waals surface area contributed by atoms with Gasteiger partial charge in [0.2, 0.25) is 0 Å². The monoisotopic (exact) mass is 384 g/mol. The van der Waals surface area contributed by atoms with Crippen molar-refractivity contribution in [2.75, 3.05) is 13.6 Å². The molecule has 0 aliphatic carbocycles. The van der Waals surface area contributed by atoms with Crippen LogP contribution in [0.3, 0.4) is 0 Å². The van der Waals surface area contributed by atoms with E-state index in [1.165, 1.54) is 4.90 Å². The average Bonchev–Trinajstić information content (AvgIpc) is 3.29. The van der Waals surface area contributed by atoms with Crippen molar-refractivity contribution in [2.24, 2.45) is 0 Å². The number of benzene rings is 1. The summed E-state index contributed by atoms with van der Waals surface area (Å²) >= 11 is 0. The van der Waals surface area contributed by atoms with E-state index in [0.29, 0.717) is 18.7 Å². The summed E-state index contributed by atoms with van der Waals surface area (Å²) in [7, 11) is 1.18. The number of aliphatic hydroxyl groups is 1. The minimum absolute atomic E-state index is 0.234. The number of hydrogen-bond acceptors (Lipinski definition) is 6. The minimum Gasteiger partial charge on any atom is -0.399 e. The Bertz CT molecular complexity index is 909. The quantitative estimate of drug-likeness (QED) is 0.811. The highest BCUT2D eigenvalue weighted by Crippen LogP contribution is 2.37. The van der Waals surface area contributed by atoms with E-state index in [-0.39, 0.29) is 11.6 Å². The second-order valence-electron chi connectivity index (χ2n) is 8.63. The molecule has 1 atom stereocenters. The summed E-state index contributed by atoms with van der Waals surface area (Å²) in [4.78, 5) is 13.8. The average molecular weight is 384 g/mol. The van der Waals surface area contributed by atoms with Gasteiger partial charge in [-0.2, -0.15) is 0 Å². The Morgan fingerprint density at radius 1 is 1.14 bits per heavy atom. The molecular formula is C20H25BN2O5. The Labute approximate surface area is 164 Å². The van der Waals surface area contributed by atoms with Gasteiger partial charge in [-0.1, -0.05) is 29.4 Å². The van der Waals surface area contributed by atoms with Crippen LogP contribution < -0.4 is 5.46 Å². The number of amides is 1. The maximum absolute atomic E-state index is 12.3. The number of carbonyl (C=O) groups is 1. The molecule has 2 aliphatic heterocycles. The summed E-state index contributed by atoms with van der Waals surface area (Å²) < 4.78 is 17.7. The fraction of sp³-hybridized carbons (Fsp3) is 0.500. The lowest BCUT2D eigenvalue weighted by Crippen LogP contribution is -2.41. The van der Waals surface area contributed by atoms with Gasteiger partial charge in [-0.15, -0.1) is 0 Å². The zero-order valence-corrected chi connectivity index (χ0v) is 16.9. The predicted octanol–water partition coefficient (Wildman–Crippen LogP) is 1.69. The molecule has 7 nitrogen and oxygen atoms in total. The molecule has 1 N–H and O–H groups in total. The Hall–Kier alpha value is -2.16. The first kappa shape index (κ1) is 19.2. The first-order chi connectivity index (χ1) is 13.0. The van der Waals surface area contributed by atoms with Gasteiger partial charge in [-0.3, -0.25) is 4.79 Å². The third-order valence-electron chi connectivity index (χ3n) is 6.14. The van der Waals surface area contributed by atoms with Crippen molar-refractivity contribution in [1.82, 2.24) is 10.1 Å². The van der Waals surface area contributed by atoms with Crippen LogP contribution in [0.1, 0.15) is 39.8 Å². The number of aromatic nitrogens is 1. The molecule has 148 valence electrons. The van der Waals surface area contributed by atoms with Crippen LogP contribution in [0.25, 0.3) is 11.3 Å². The predicted molar refractivity (Wildman–Crippen MR) is 104 cm³/mol. The van der Waals surface area contributed by atoms with Crippen LogP contribution in [0.2, 0.25) is 0 Å². The second kappa shape index (κ2) is 6.17. The maximum atomic E-state index is 12.3. The molecule has 28 heavy (non-hydrogen) atoms. The fourth-order valence-electron chi connectivity index (χ4n) is 3.52. The van der Waals surface area contributed by atoms with Gasteiger partial charge in [0.15, 0.2) is 11.4 Å². The first-order valence-corrected chi connectivity index (χ1v) is 9.45. The van der Waals surface area contributed by atoms with Crippen LogP contribution in [0.15, 0.2) is 34.9 Å². The Morgan fingerprint density at radius 2 is 1.82 bits per heavy atom. The Morgan fingerprint density at radius 3 is 2.43 bits per heavy atom. The zero-order chi connectivity index (χ0) is 20.3. The maximum Gasteiger partial charge on any atom is 0.494 e. The highest BCUT2D eigenvalue weighted by molar-refractivity contribution is 6.62. The lowest BCUT2D eigenvalue weighted by atomic mass is 9.78. The number of carbonyl (C=O) groups excluding carboxylic acids is 1. The topological polar surface area (TPSA) is 85.0 Å². The number of nitrogens with zero attached hydrogens (tertiary/aromatic N) is 2. The molecule has 0 bridgehead atoms. The zero-order valence-electron chi connectivity index (χ0n) is 16.9. The molecule has 4 rings (SSSR count). The lowest BCUT2D eigenvalue weighted by Gasteiger charge is -2.32. The third-order valence-corrected chi connectivity index (χ3v) is 6.14. The van der Waals surface area contributed by atoms with Gasteiger partial charge >= 0.3 is 7.12 Å². The standard InChI is InChI=1S/C20H25BN2O5/c1-18(2)19(3,4)28-21(27-18)14-8-6-7-13(11-14)15-12-16(22-26-15)20(25)9-10-23(5)17(20)24/h6-8,11-12,25H,9-10H2,1-5H3/t20-/m0/s1. The van der Waals surface area contributed by atoms with Crippen molar-refractivity contribution >= 4 is 18.5 Å². The Balaban J connectivity index is 1.62. The van der Waals surface area contributed by atoms with Crippen LogP contribution in [-0.2, 0) is 19.7 Å². The van der Waals surface area contributed by atoms with E-state index in [9.17, 15) is 9.90 Å². The van der Waals surface area contributed by atoms with E-state index in [0.717, 1.165) is 11.0 Å². The number of rotatable bonds is 3. The normalized spacial score (nSPS) is 26.3. The highest BCUT2D eigenvalue weighted by Gasteiger charge is 2.52. The van der Waals surface area contributed by atoms with E-state index < -0.39 is 23.9 Å². The van der Waals surface area contributed by atoms with E-state index in [2.05, 4.69) is 5.16 Å². The minimum atomic E-state index is -1.63. The summed E-state index contributed by atoms with van der Waals surface area (Å²) in [6.45, 7) is 8.52. The van der Waals surface area contributed by atoms with E-state index >= 15 is 0 Å². The molecule has 8 heteroatoms. The molecule has 2 aromatic rings. The molecule has 1 aromatic carbocycles. The SMILES string of the molecule is CN1CC[C@](O)(c2cc(-c3cccc(B4OC(C)(C)C(C)(C)O4)c3)on2)C1=O. The molecule has 0 saturated carbocycles. The van der Waals surface area contributed by atoms with Gasteiger partial charge in [-0.05, 0) is 33.2 Å². The van der Waals surface area contributed by atoms with Crippen LogP contribution in [-0.4, -0.2) is 53.0 Å². The highest BCUT2D eigenvalue weighted by atomic mass is 16.7. The molecule has 2 saturated heterocycles. The van der Waals surface area contributed by atoms with Crippen molar-refractivity contribution in [3.63, 3.8) is 0 Å². The van der Waals surface area contributed by atoms with Gasteiger partial charge in [0.05, 0.1) is 11.2 Å². The smallest absolute Gasteiger partial charge is 0.399 e. The molecule has 0 radical (unpaired) electrons. The van der Waals surface area contributed by atoms with Gasteiger partial charge in [0, 0.05) is 31.6 Å². The van der Waals surface area contributed by atoms with Gasteiger partial charge in [-0.25, -0.2) is 0 Å². The van der Waals surface area contributed by atoms with Gasteiger partial charge in [0.1, 0.15) is 5.69 Å². The van der Waals surface area contributed by atoms with Crippen LogP contribution in [0.5, 0.6) is 0 Å². The van der Waals surface area contributed by atoms with Gasteiger partial charge < -0.3 is 23.8 Å². The largest absolute Gasteiger partial charge is 0.494 e. The summed E-state index contributed by atoms with van der Waals surface area (Å²) in [6.07, 6.45) is 0.294. The van der Waals surface area contributed by atoms with Crippen molar-refractivity contribution in [3.8, 4) is 11.3 Å². The molecule has 2 fully saturated rings. The molecule has 2 aliphatic rings. The number of likely N-dealkylation sites (tertiary alicyclic amines) is 1. The van der Waals surface area contributed by atoms with Crippen LogP contribution in [0, 0.1) is 0 Å². The summed E-state index contributed by atoms with van der Waals surface area (Å²) in [6, 6.07) is 9.25. The molecule has 1 amide bonds. The Kier molecular flexibility index (Phi) is 4.23. The van der Waals surface area contributed by atoms with Crippen molar-refractivity contribution in [1.29, 1.82) is 0 Å². The van der Waals surface area contributed by atoms with E-state index in [4.69, 9.17) is 13.8 Å². The molecule has 1 aromatic heterocycles. The molecule has 0 spiro atoms. The summed E-state index contributed by atoms with van der Waals surface area (Å²) in [5, 5.41) is 14.7. The first-order valence-electron chi connectivity index (χ1n) is 9.45. The lowest BCUT2D eigenvalue weighted by molar-refractivity contribution is -0.143. The fourth-order valence-corrected chi connectivity index (χ4v) is 3.52. The third kappa shape index (κ3) is 2.87. The van der Waals surface area contributed by atoms with Crippen molar-refractivity contribution < 1.29 is 23.7 Å². The van der Waals surface area contributed by atoms with E-state index in [1.54, 1.807) is 13.1 Å². The molecular weight excluding hydrogens is 359 g/mol.